The van der Waals surface area contributed by atoms with Crippen molar-refractivity contribution in [3.8, 4) is 17.1 Å². The number of fused-ring (bicyclic) bond motifs is 2. The van der Waals surface area contributed by atoms with E-state index in [4.69, 9.17) is 10.5 Å². The average molecular weight is 634 g/mol. The smallest absolute Gasteiger partial charge is 0.417 e. The van der Waals surface area contributed by atoms with E-state index in [2.05, 4.69) is 26.4 Å². The third-order valence-electron chi connectivity index (χ3n) is 8.12. The molecule has 4 aromatic rings. The van der Waals surface area contributed by atoms with Gasteiger partial charge in [-0.2, -0.15) is 23.1 Å². The number of likely N-dealkylation sites (tertiary alicyclic amines) is 1. The van der Waals surface area contributed by atoms with E-state index >= 15 is 4.39 Å². The molecule has 0 bridgehead atoms. The number of carbonyl (C=O) groups is 1. The summed E-state index contributed by atoms with van der Waals surface area (Å²) >= 11 is 0.754. The minimum Gasteiger partial charge on any atom is -0.462 e. The molecule has 2 aromatic carbocycles. The number of thiazole rings is 1. The molecule has 0 saturated carbocycles. The number of nitrogens with zero attached hydrogens (tertiary/aromatic N) is 6. The fourth-order valence-electron chi connectivity index (χ4n) is 5.81. The maximum absolute atomic E-state index is 16.6. The van der Waals surface area contributed by atoms with Crippen molar-refractivity contribution < 1.29 is 31.5 Å². The Hall–Kier alpha value is -4.11. The number of rotatable bonds is 6. The summed E-state index contributed by atoms with van der Waals surface area (Å²) < 4.78 is 81.0. The lowest BCUT2D eigenvalue weighted by Crippen LogP contribution is -2.48. The van der Waals surface area contributed by atoms with E-state index in [1.54, 1.807) is 9.80 Å². The molecule has 0 aliphatic carbocycles. The van der Waals surface area contributed by atoms with E-state index in [-0.39, 0.29) is 82.9 Å². The Morgan fingerprint density at radius 2 is 1.89 bits per heavy atom. The Morgan fingerprint density at radius 3 is 2.55 bits per heavy atom. The van der Waals surface area contributed by atoms with Gasteiger partial charge in [-0.1, -0.05) is 17.9 Å². The largest absolute Gasteiger partial charge is 0.462 e. The van der Waals surface area contributed by atoms with Gasteiger partial charge in [0.05, 0.1) is 15.8 Å². The fourth-order valence-corrected chi connectivity index (χ4v) is 6.57. The van der Waals surface area contributed by atoms with Crippen molar-refractivity contribution in [2.45, 2.75) is 25.1 Å². The topological polar surface area (TPSA) is 101 Å². The number of alkyl halides is 3. The van der Waals surface area contributed by atoms with Gasteiger partial charge < -0.3 is 25.2 Å². The average Bonchev–Trinajstić information content (AvgIpc) is 3.60. The van der Waals surface area contributed by atoms with Crippen molar-refractivity contribution in [1.82, 2.24) is 24.8 Å². The Kier molecular flexibility index (Phi) is 7.78. The number of piperazine rings is 1. The Labute approximate surface area is 252 Å². The molecule has 2 aliphatic heterocycles. The lowest BCUT2D eigenvalue weighted by Gasteiger charge is -2.35. The molecule has 15 heteroatoms. The van der Waals surface area contributed by atoms with Gasteiger partial charge >= 0.3 is 12.2 Å². The number of aromatic nitrogens is 3. The zero-order chi connectivity index (χ0) is 31.3. The summed E-state index contributed by atoms with van der Waals surface area (Å²) in [6.07, 6.45) is -1.97. The zero-order valence-corrected chi connectivity index (χ0v) is 24.4. The number of benzene rings is 2. The van der Waals surface area contributed by atoms with Crippen LogP contribution in [0.3, 0.4) is 0 Å². The summed E-state index contributed by atoms with van der Waals surface area (Å²) in [6, 6.07) is 2.71. The molecule has 0 spiro atoms. The van der Waals surface area contributed by atoms with Crippen LogP contribution >= 0.6 is 11.3 Å². The number of nitrogen functional groups attached to an aromatic ring is 1. The number of likely N-dealkylation sites (N-methyl/N-ethyl adjacent to an activating group) is 1. The van der Waals surface area contributed by atoms with Gasteiger partial charge in [0.25, 0.3) is 0 Å². The van der Waals surface area contributed by atoms with Crippen LogP contribution in [0.5, 0.6) is 6.01 Å². The van der Waals surface area contributed by atoms with Crippen molar-refractivity contribution in [2.75, 3.05) is 57.0 Å². The van der Waals surface area contributed by atoms with Gasteiger partial charge in [0.2, 0.25) is 5.91 Å². The van der Waals surface area contributed by atoms with Gasteiger partial charge in [0, 0.05) is 48.7 Å². The third kappa shape index (κ3) is 5.38. The van der Waals surface area contributed by atoms with Gasteiger partial charge in [-0.15, -0.1) is 0 Å². The number of nitrogens with two attached hydrogens (primary N) is 1. The minimum absolute atomic E-state index is 0.0496. The van der Waals surface area contributed by atoms with Crippen LogP contribution in [0.25, 0.3) is 32.2 Å². The highest BCUT2D eigenvalue weighted by atomic mass is 32.1. The molecule has 232 valence electrons. The molecule has 1 atom stereocenters. The normalized spacial score (nSPS) is 18.0. The summed E-state index contributed by atoms with van der Waals surface area (Å²) in [7, 11) is 1.96. The molecular formula is C29H28F5N7O2S. The first-order valence-electron chi connectivity index (χ1n) is 13.9. The number of carbonyl (C=O) groups excluding carboxylic acids is 1. The van der Waals surface area contributed by atoms with Gasteiger partial charge in [0.1, 0.15) is 23.8 Å². The van der Waals surface area contributed by atoms with E-state index in [0.717, 1.165) is 48.9 Å². The number of hydrogen-bond donors (Lipinski definition) is 1. The highest BCUT2D eigenvalue weighted by molar-refractivity contribution is 7.22. The maximum atomic E-state index is 16.6. The maximum Gasteiger partial charge on any atom is 0.417 e. The first kappa shape index (κ1) is 29.9. The van der Waals surface area contributed by atoms with Crippen LogP contribution in [0.15, 0.2) is 30.9 Å². The minimum atomic E-state index is -5.01. The van der Waals surface area contributed by atoms with Gasteiger partial charge in [-0.25, -0.2) is 13.8 Å². The first-order valence-corrected chi connectivity index (χ1v) is 14.7. The fraction of sp³-hybridized carbons (Fsp3) is 0.379. The zero-order valence-electron chi connectivity index (χ0n) is 23.6. The Bertz CT molecular complexity index is 1770. The lowest BCUT2D eigenvalue weighted by molar-refractivity contribution is -0.137. The Morgan fingerprint density at radius 1 is 1.14 bits per heavy atom. The molecule has 6 rings (SSSR count). The monoisotopic (exact) mass is 633 g/mol. The number of anilines is 2. The van der Waals surface area contributed by atoms with Crippen molar-refractivity contribution >= 4 is 49.3 Å². The molecular weight excluding hydrogens is 605 g/mol. The standard InChI is InChI=1S/C29H28F5N7O2S/c1-3-20(42)40-9-11-41(12-10-40)26-17-13-18(29(32,33)34)21(16-6-7-19(30)25-24(16)36-27(35)44-25)22(31)23(17)37-28(38-26)43-14-15-5-4-8-39(15)2/h3,6-7,13,15H,1,4-5,8-12,14H2,2H3,(H2,35,36)/t15-/m0/s1. The summed E-state index contributed by atoms with van der Waals surface area (Å²) in [4.78, 5) is 30.3. The highest BCUT2D eigenvalue weighted by Gasteiger charge is 2.38. The second kappa shape index (κ2) is 11.4. The van der Waals surface area contributed by atoms with E-state index < -0.39 is 34.5 Å². The molecule has 2 aromatic heterocycles. The molecule has 0 unspecified atom stereocenters. The van der Waals surface area contributed by atoms with Crippen molar-refractivity contribution in [3.63, 3.8) is 0 Å². The summed E-state index contributed by atoms with van der Waals surface area (Å²) in [5.74, 6) is -2.24. The van der Waals surface area contributed by atoms with E-state index in [1.165, 1.54) is 6.08 Å². The van der Waals surface area contributed by atoms with Crippen molar-refractivity contribution in [2.24, 2.45) is 0 Å². The van der Waals surface area contributed by atoms with Gasteiger partial charge in [-0.05, 0) is 50.7 Å². The van der Waals surface area contributed by atoms with Gasteiger partial charge in [-0.3, -0.25) is 4.79 Å². The van der Waals surface area contributed by atoms with Crippen LogP contribution in [-0.2, 0) is 11.0 Å². The number of halogens is 5. The van der Waals surface area contributed by atoms with E-state index in [1.807, 2.05) is 7.05 Å². The van der Waals surface area contributed by atoms with Crippen LogP contribution in [-0.4, -0.2) is 83.1 Å². The van der Waals surface area contributed by atoms with Crippen LogP contribution < -0.4 is 15.4 Å². The van der Waals surface area contributed by atoms with E-state index in [9.17, 15) is 22.4 Å². The summed E-state index contributed by atoms with van der Waals surface area (Å²) in [6.45, 7) is 5.54. The van der Waals surface area contributed by atoms with Crippen LogP contribution in [0.1, 0.15) is 18.4 Å². The molecule has 2 saturated heterocycles. The van der Waals surface area contributed by atoms with Crippen LogP contribution in [0, 0.1) is 11.6 Å². The molecule has 44 heavy (non-hydrogen) atoms. The molecule has 2 aliphatic rings. The highest BCUT2D eigenvalue weighted by Crippen LogP contribution is 2.46. The van der Waals surface area contributed by atoms with E-state index in [0.29, 0.717) is 0 Å². The quantitative estimate of drug-likeness (QED) is 0.232. The molecule has 9 nitrogen and oxygen atoms in total. The second-order valence-corrected chi connectivity index (χ2v) is 11.8. The SMILES string of the molecule is C=CC(=O)N1CCN(c2nc(OC[C@@H]3CCCN3C)nc3c(F)c(-c4ccc(F)c5sc(N)nc45)c(C(F)(F)F)cc23)CC1. The molecule has 0 radical (unpaired) electrons. The first-order chi connectivity index (χ1) is 21.0. The molecule has 2 fully saturated rings. The van der Waals surface area contributed by atoms with Crippen molar-refractivity contribution in [1.29, 1.82) is 0 Å². The molecule has 1 amide bonds. The summed E-state index contributed by atoms with van der Waals surface area (Å²) in [5, 5.41) is -0.254. The predicted octanol–water partition coefficient (Wildman–Crippen LogP) is 5.09. The molecule has 2 N–H and O–H groups in total. The predicted molar refractivity (Wildman–Crippen MR) is 158 cm³/mol. The van der Waals surface area contributed by atoms with Crippen molar-refractivity contribution in [3.05, 3.63) is 48.1 Å². The Balaban J connectivity index is 1.54. The summed E-state index contributed by atoms with van der Waals surface area (Å²) in [5.41, 5.74) is 2.79. The van der Waals surface area contributed by atoms with Crippen LogP contribution in [0.4, 0.5) is 32.9 Å². The second-order valence-electron chi connectivity index (χ2n) is 10.8. The number of amides is 1. The number of ether oxygens (including phenoxy) is 1. The van der Waals surface area contributed by atoms with Crippen LogP contribution in [0.2, 0.25) is 0 Å². The third-order valence-corrected chi connectivity index (χ3v) is 9.01. The lowest BCUT2D eigenvalue weighted by atomic mass is 9.95. The van der Waals surface area contributed by atoms with Gasteiger partial charge in [0.15, 0.2) is 10.9 Å². The number of hydrogen-bond acceptors (Lipinski definition) is 9. The molecule has 4 heterocycles.